The van der Waals surface area contributed by atoms with Gasteiger partial charge in [0.05, 0.1) is 12.8 Å². The number of esters is 1. The first-order chi connectivity index (χ1) is 17.0. The largest absolute Gasteiger partial charge is 0.465 e. The van der Waals surface area contributed by atoms with E-state index < -0.39 is 5.97 Å². The first kappa shape index (κ1) is 22.9. The van der Waals surface area contributed by atoms with Gasteiger partial charge < -0.3 is 18.9 Å². The molecule has 0 spiro atoms. The molecule has 5 rings (SSSR count). The molecular weight excluding hydrogens is 456 g/mol. The monoisotopic (exact) mass is 482 g/mol. The van der Waals surface area contributed by atoms with Crippen molar-refractivity contribution in [3.05, 3.63) is 95.7 Å². The molecule has 0 bridgehead atoms. The Kier molecular flexibility index (Phi) is 6.14. The van der Waals surface area contributed by atoms with E-state index in [4.69, 9.17) is 21.7 Å². The van der Waals surface area contributed by atoms with Crippen molar-refractivity contribution in [2.24, 2.45) is 0 Å². The predicted molar refractivity (Wildman–Crippen MR) is 142 cm³/mol. The van der Waals surface area contributed by atoms with Crippen molar-refractivity contribution in [1.82, 2.24) is 9.47 Å². The average Bonchev–Trinajstić information content (AvgIpc) is 3.29. The average molecular weight is 483 g/mol. The second-order valence-electron chi connectivity index (χ2n) is 8.68. The van der Waals surface area contributed by atoms with Crippen LogP contribution in [0.5, 0.6) is 5.75 Å². The van der Waals surface area contributed by atoms with Gasteiger partial charge in [-0.15, -0.1) is 0 Å². The van der Waals surface area contributed by atoms with Crippen LogP contribution in [0, 0.1) is 0 Å². The Morgan fingerprint density at radius 2 is 1.66 bits per heavy atom. The number of thiocarbonyl (C=S) groups is 1. The smallest absolute Gasteiger partial charge is 0.341 e. The van der Waals surface area contributed by atoms with E-state index in [9.17, 15) is 4.79 Å². The Labute approximate surface area is 210 Å². The van der Waals surface area contributed by atoms with Crippen molar-refractivity contribution in [2.75, 3.05) is 21.2 Å². The highest BCUT2D eigenvalue weighted by Crippen LogP contribution is 2.41. The summed E-state index contributed by atoms with van der Waals surface area (Å²) >= 11 is 5.30. The SMILES string of the molecule is COC(=O)c1cc(-n2c(-c3ccccc3)cc3c2CCc2ccccc2-3)ccc1OC(=S)N(C)C. The predicted octanol–water partition coefficient (Wildman–Crippen LogP) is 5.92. The molecule has 0 N–H and O–H groups in total. The third kappa shape index (κ3) is 4.21. The fourth-order valence-corrected chi connectivity index (χ4v) is 4.69. The van der Waals surface area contributed by atoms with Gasteiger partial charge in [0.25, 0.3) is 5.17 Å². The fourth-order valence-electron chi connectivity index (χ4n) is 4.60. The molecule has 0 aliphatic heterocycles. The standard InChI is InChI=1S/C29H26N2O3S/c1-30(2)29(35)34-27-16-14-21(17-24(27)28(32)33-3)31-25-15-13-19-9-7-8-12-22(19)23(25)18-26(31)20-10-5-4-6-11-20/h4-12,14,16-18H,13,15H2,1-3H3. The van der Waals surface area contributed by atoms with Crippen molar-refractivity contribution in [3.8, 4) is 33.8 Å². The molecular formula is C29H26N2O3S. The number of fused-ring (bicyclic) bond motifs is 3. The van der Waals surface area contributed by atoms with Crippen LogP contribution in [-0.2, 0) is 17.6 Å². The second kappa shape index (κ2) is 9.39. The Hall–Kier alpha value is -3.90. The van der Waals surface area contributed by atoms with E-state index in [1.807, 2.05) is 30.3 Å². The van der Waals surface area contributed by atoms with E-state index in [0.29, 0.717) is 11.3 Å². The van der Waals surface area contributed by atoms with Gasteiger partial charge in [-0.3, -0.25) is 0 Å². The van der Waals surface area contributed by atoms with Crippen LogP contribution >= 0.6 is 12.2 Å². The van der Waals surface area contributed by atoms with Gasteiger partial charge in [0.1, 0.15) is 11.3 Å². The van der Waals surface area contributed by atoms with Gasteiger partial charge in [-0.25, -0.2) is 4.79 Å². The van der Waals surface area contributed by atoms with Crippen molar-refractivity contribution in [2.45, 2.75) is 12.8 Å². The molecule has 3 aromatic carbocycles. The molecule has 0 saturated heterocycles. The van der Waals surface area contributed by atoms with E-state index in [1.54, 1.807) is 25.1 Å². The van der Waals surface area contributed by atoms with E-state index in [-0.39, 0.29) is 5.17 Å². The van der Waals surface area contributed by atoms with Crippen molar-refractivity contribution in [3.63, 3.8) is 0 Å². The number of carbonyl (C=O) groups is 1. The summed E-state index contributed by atoms with van der Waals surface area (Å²) < 4.78 is 13.2. The lowest BCUT2D eigenvalue weighted by Crippen LogP contribution is -2.25. The molecule has 1 aromatic heterocycles. The van der Waals surface area contributed by atoms with Crippen LogP contribution < -0.4 is 4.74 Å². The van der Waals surface area contributed by atoms with Gasteiger partial charge >= 0.3 is 5.97 Å². The summed E-state index contributed by atoms with van der Waals surface area (Å²) in [7, 11) is 4.96. The molecule has 0 radical (unpaired) electrons. The maximum Gasteiger partial charge on any atom is 0.341 e. The summed E-state index contributed by atoms with van der Waals surface area (Å²) in [6.45, 7) is 0. The lowest BCUT2D eigenvalue weighted by Gasteiger charge is -2.21. The highest BCUT2D eigenvalue weighted by molar-refractivity contribution is 7.80. The fraction of sp³-hybridized carbons (Fsp3) is 0.172. The summed E-state index contributed by atoms with van der Waals surface area (Å²) in [5, 5.41) is 0.267. The Morgan fingerprint density at radius 1 is 0.914 bits per heavy atom. The zero-order chi connectivity index (χ0) is 24.5. The molecule has 6 heteroatoms. The quantitative estimate of drug-likeness (QED) is 0.267. The highest BCUT2D eigenvalue weighted by Gasteiger charge is 2.25. The maximum absolute atomic E-state index is 12.7. The number of benzene rings is 3. The second-order valence-corrected chi connectivity index (χ2v) is 9.03. The number of carbonyl (C=O) groups excluding carboxylic acids is 1. The summed E-state index contributed by atoms with van der Waals surface area (Å²) in [6, 6.07) is 26.7. The molecule has 1 aliphatic carbocycles. The van der Waals surface area contributed by atoms with Crippen LogP contribution in [0.1, 0.15) is 21.6 Å². The van der Waals surface area contributed by atoms with E-state index in [1.165, 1.54) is 29.5 Å². The van der Waals surface area contributed by atoms with Crippen LogP contribution in [0.15, 0.2) is 78.9 Å². The van der Waals surface area contributed by atoms with Crippen molar-refractivity contribution in [1.29, 1.82) is 0 Å². The lowest BCUT2D eigenvalue weighted by molar-refractivity contribution is 0.0598. The number of aryl methyl sites for hydroxylation is 1. The summed E-state index contributed by atoms with van der Waals surface area (Å²) in [4.78, 5) is 14.4. The molecule has 0 unspecified atom stereocenters. The minimum absolute atomic E-state index is 0.267. The third-order valence-electron chi connectivity index (χ3n) is 6.30. The van der Waals surface area contributed by atoms with Gasteiger partial charge in [0.15, 0.2) is 0 Å². The molecule has 0 atom stereocenters. The molecule has 0 amide bonds. The minimum atomic E-state index is -0.476. The van der Waals surface area contributed by atoms with Crippen LogP contribution in [-0.4, -0.2) is 41.8 Å². The van der Waals surface area contributed by atoms with E-state index in [0.717, 1.165) is 29.8 Å². The maximum atomic E-state index is 12.7. The van der Waals surface area contributed by atoms with Crippen molar-refractivity contribution < 1.29 is 14.3 Å². The number of aromatic nitrogens is 1. The van der Waals surface area contributed by atoms with E-state index >= 15 is 0 Å². The van der Waals surface area contributed by atoms with Crippen LogP contribution in [0.4, 0.5) is 0 Å². The van der Waals surface area contributed by atoms with Crippen LogP contribution in [0.2, 0.25) is 0 Å². The minimum Gasteiger partial charge on any atom is -0.465 e. The topological polar surface area (TPSA) is 43.7 Å². The number of ether oxygens (including phenoxy) is 2. The Balaban J connectivity index is 1.72. The van der Waals surface area contributed by atoms with Crippen LogP contribution in [0.3, 0.4) is 0 Å². The summed E-state index contributed by atoms with van der Waals surface area (Å²) in [5.41, 5.74) is 8.42. The molecule has 35 heavy (non-hydrogen) atoms. The Bertz CT molecular complexity index is 1420. The Morgan fingerprint density at radius 3 is 2.40 bits per heavy atom. The third-order valence-corrected chi connectivity index (χ3v) is 6.75. The molecule has 1 aliphatic rings. The molecule has 0 saturated carbocycles. The molecule has 1 heterocycles. The number of rotatable bonds is 4. The van der Waals surface area contributed by atoms with Crippen LogP contribution in [0.25, 0.3) is 28.1 Å². The van der Waals surface area contributed by atoms with Crippen molar-refractivity contribution >= 4 is 23.4 Å². The van der Waals surface area contributed by atoms with Gasteiger partial charge in [0, 0.05) is 31.0 Å². The zero-order valence-electron chi connectivity index (χ0n) is 19.9. The number of methoxy groups -OCH3 is 1. The molecule has 0 fully saturated rings. The highest BCUT2D eigenvalue weighted by atomic mass is 32.1. The van der Waals surface area contributed by atoms with Gasteiger partial charge in [-0.1, -0.05) is 54.6 Å². The number of nitrogens with zero attached hydrogens (tertiary/aromatic N) is 2. The molecule has 5 nitrogen and oxygen atoms in total. The number of hydrogen-bond donors (Lipinski definition) is 0. The van der Waals surface area contributed by atoms with Gasteiger partial charge in [0.2, 0.25) is 0 Å². The summed E-state index contributed by atoms with van der Waals surface area (Å²) in [6.07, 6.45) is 1.86. The number of hydrogen-bond acceptors (Lipinski definition) is 4. The lowest BCUT2D eigenvalue weighted by atomic mass is 9.90. The van der Waals surface area contributed by atoms with E-state index in [2.05, 4.69) is 47.0 Å². The zero-order valence-corrected chi connectivity index (χ0v) is 20.8. The normalized spacial score (nSPS) is 11.9. The first-order valence-corrected chi connectivity index (χ1v) is 11.9. The van der Waals surface area contributed by atoms with Gasteiger partial charge in [-0.2, -0.15) is 0 Å². The van der Waals surface area contributed by atoms with Gasteiger partial charge in [-0.05, 0) is 66.0 Å². The summed E-state index contributed by atoms with van der Waals surface area (Å²) in [5.74, 6) is -0.108. The molecule has 176 valence electrons. The molecule has 4 aromatic rings. The first-order valence-electron chi connectivity index (χ1n) is 11.5.